The summed E-state index contributed by atoms with van der Waals surface area (Å²) in [5.74, 6) is 0.874. The maximum atomic E-state index is 13.6. The average molecular weight is 355 g/mol. The number of nitrogens with zero attached hydrogens (tertiary/aromatic N) is 1. The van der Waals surface area contributed by atoms with E-state index in [4.69, 9.17) is 9.47 Å². The molecule has 4 nitrogen and oxygen atoms in total. The lowest BCUT2D eigenvalue weighted by Gasteiger charge is -2.14. The van der Waals surface area contributed by atoms with Crippen LogP contribution in [0.1, 0.15) is 11.3 Å². The van der Waals surface area contributed by atoms with Gasteiger partial charge in [-0.1, -0.05) is 0 Å². The molecule has 0 aliphatic carbocycles. The molecule has 112 valence electrons. The Morgan fingerprint density at radius 2 is 2.05 bits per heavy atom. The normalized spacial score (nSPS) is 10.3. The summed E-state index contributed by atoms with van der Waals surface area (Å²) in [5, 5.41) is 3.16. The van der Waals surface area contributed by atoms with Gasteiger partial charge in [0.05, 0.1) is 25.2 Å². The van der Waals surface area contributed by atoms with E-state index in [-0.39, 0.29) is 5.82 Å². The molecule has 0 aliphatic heterocycles. The van der Waals surface area contributed by atoms with Gasteiger partial charge in [0.1, 0.15) is 11.5 Å². The van der Waals surface area contributed by atoms with Gasteiger partial charge >= 0.3 is 0 Å². The molecule has 2 aromatic rings. The molecule has 0 unspecified atom stereocenters. The molecule has 21 heavy (non-hydrogen) atoms. The van der Waals surface area contributed by atoms with Crippen molar-refractivity contribution >= 4 is 21.6 Å². The van der Waals surface area contributed by atoms with Gasteiger partial charge in [0.25, 0.3) is 0 Å². The Morgan fingerprint density at radius 3 is 2.71 bits per heavy atom. The van der Waals surface area contributed by atoms with Crippen molar-refractivity contribution in [2.24, 2.45) is 0 Å². The van der Waals surface area contributed by atoms with E-state index in [1.807, 2.05) is 6.92 Å². The maximum Gasteiger partial charge on any atom is 0.184 e. The Hall–Kier alpha value is -1.82. The summed E-state index contributed by atoms with van der Waals surface area (Å²) in [4.78, 5) is 4.27. The van der Waals surface area contributed by atoms with Crippen molar-refractivity contribution in [2.45, 2.75) is 13.5 Å². The second-order valence-electron chi connectivity index (χ2n) is 4.43. The molecule has 0 aliphatic rings. The van der Waals surface area contributed by atoms with Crippen LogP contribution >= 0.6 is 15.9 Å². The van der Waals surface area contributed by atoms with E-state index in [0.29, 0.717) is 33.9 Å². The number of methoxy groups -OCH3 is 2. The number of halogens is 2. The molecular formula is C15H16BrFN2O2. The third kappa shape index (κ3) is 3.44. The topological polar surface area (TPSA) is 43.4 Å². The van der Waals surface area contributed by atoms with Crippen LogP contribution in [0.5, 0.6) is 11.5 Å². The van der Waals surface area contributed by atoms with Gasteiger partial charge in [-0.15, -0.1) is 0 Å². The number of hydrogen-bond acceptors (Lipinski definition) is 4. The fourth-order valence-electron chi connectivity index (χ4n) is 1.99. The van der Waals surface area contributed by atoms with Crippen LogP contribution in [0, 0.1) is 12.7 Å². The summed E-state index contributed by atoms with van der Waals surface area (Å²) in [7, 11) is 3.14. The van der Waals surface area contributed by atoms with E-state index in [9.17, 15) is 4.39 Å². The average Bonchev–Trinajstić information content (AvgIpc) is 2.49. The molecule has 2 rings (SSSR count). The van der Waals surface area contributed by atoms with Gasteiger partial charge in [-0.25, -0.2) is 4.39 Å². The van der Waals surface area contributed by atoms with Gasteiger partial charge in [-0.2, -0.15) is 0 Å². The van der Waals surface area contributed by atoms with E-state index in [1.54, 1.807) is 32.5 Å². The third-order valence-electron chi connectivity index (χ3n) is 3.08. The Labute approximate surface area is 131 Å². The molecule has 0 saturated carbocycles. The van der Waals surface area contributed by atoms with Crippen LogP contribution < -0.4 is 14.8 Å². The van der Waals surface area contributed by atoms with Crippen molar-refractivity contribution in [3.63, 3.8) is 0 Å². The highest BCUT2D eigenvalue weighted by Crippen LogP contribution is 2.30. The van der Waals surface area contributed by atoms with Crippen molar-refractivity contribution < 1.29 is 13.9 Å². The number of hydrogen-bond donors (Lipinski definition) is 1. The molecule has 6 heteroatoms. The Bertz CT molecular complexity index is 650. The molecule has 0 saturated heterocycles. The molecule has 0 bridgehead atoms. The first-order valence-electron chi connectivity index (χ1n) is 6.32. The van der Waals surface area contributed by atoms with Crippen LogP contribution in [0.4, 0.5) is 10.1 Å². The van der Waals surface area contributed by atoms with Crippen LogP contribution in [-0.2, 0) is 6.54 Å². The lowest BCUT2D eigenvalue weighted by molar-refractivity contribution is 0.350. The second-order valence-corrected chi connectivity index (χ2v) is 5.28. The van der Waals surface area contributed by atoms with Crippen LogP contribution in [0.2, 0.25) is 0 Å². The zero-order chi connectivity index (χ0) is 15.4. The minimum Gasteiger partial charge on any atom is -0.493 e. The first kappa shape index (κ1) is 15.6. The van der Waals surface area contributed by atoms with Crippen molar-refractivity contribution in [1.82, 2.24) is 4.98 Å². The van der Waals surface area contributed by atoms with Crippen LogP contribution in [0.25, 0.3) is 0 Å². The van der Waals surface area contributed by atoms with Crippen LogP contribution in [0.15, 0.2) is 28.9 Å². The van der Waals surface area contributed by atoms with Gasteiger partial charge in [0.2, 0.25) is 0 Å². The fraction of sp³-hybridized carbons (Fsp3) is 0.267. The molecule has 1 aromatic heterocycles. The van der Waals surface area contributed by atoms with Crippen LogP contribution in [-0.4, -0.2) is 19.2 Å². The summed E-state index contributed by atoms with van der Waals surface area (Å²) in [6.45, 7) is 2.31. The summed E-state index contributed by atoms with van der Waals surface area (Å²) < 4.78 is 24.6. The van der Waals surface area contributed by atoms with Crippen molar-refractivity contribution in [1.29, 1.82) is 0 Å². The summed E-state index contributed by atoms with van der Waals surface area (Å²) >= 11 is 3.17. The first-order chi connectivity index (χ1) is 10.1. The van der Waals surface area contributed by atoms with Crippen LogP contribution in [0.3, 0.4) is 0 Å². The van der Waals surface area contributed by atoms with E-state index in [2.05, 4.69) is 26.2 Å². The van der Waals surface area contributed by atoms with Crippen molar-refractivity contribution in [3.8, 4) is 11.5 Å². The SMILES string of the molecule is COc1ccnc(CNc2cc(F)c(Br)cc2C)c1OC. The van der Waals surface area contributed by atoms with E-state index >= 15 is 0 Å². The monoisotopic (exact) mass is 354 g/mol. The van der Waals surface area contributed by atoms with E-state index in [0.717, 1.165) is 5.56 Å². The maximum absolute atomic E-state index is 13.6. The Morgan fingerprint density at radius 1 is 1.29 bits per heavy atom. The molecule has 0 radical (unpaired) electrons. The fourth-order valence-corrected chi connectivity index (χ4v) is 2.45. The minimum absolute atomic E-state index is 0.311. The highest BCUT2D eigenvalue weighted by molar-refractivity contribution is 9.10. The number of nitrogens with one attached hydrogen (secondary N) is 1. The summed E-state index contributed by atoms with van der Waals surface area (Å²) in [5.41, 5.74) is 2.34. The van der Waals surface area contributed by atoms with E-state index in [1.165, 1.54) is 6.07 Å². The summed E-state index contributed by atoms with van der Waals surface area (Å²) in [6.07, 6.45) is 1.65. The number of pyridine rings is 1. The summed E-state index contributed by atoms with van der Waals surface area (Å²) in [6, 6.07) is 4.91. The predicted octanol–water partition coefficient (Wildman–Crippen LogP) is 3.92. The van der Waals surface area contributed by atoms with Gasteiger partial charge in [-0.05, 0) is 40.5 Å². The quantitative estimate of drug-likeness (QED) is 0.883. The minimum atomic E-state index is -0.311. The molecule has 1 aromatic carbocycles. The van der Waals surface area contributed by atoms with Gasteiger partial charge in [0.15, 0.2) is 11.5 Å². The zero-order valence-electron chi connectivity index (χ0n) is 12.0. The highest BCUT2D eigenvalue weighted by atomic mass is 79.9. The molecule has 0 spiro atoms. The lowest BCUT2D eigenvalue weighted by Crippen LogP contribution is -2.06. The molecule has 0 atom stereocenters. The smallest absolute Gasteiger partial charge is 0.184 e. The Balaban J connectivity index is 2.22. The first-order valence-corrected chi connectivity index (χ1v) is 7.11. The number of anilines is 1. The molecule has 0 fully saturated rings. The molecule has 0 amide bonds. The molecule has 1 heterocycles. The van der Waals surface area contributed by atoms with Crippen molar-refractivity contribution in [2.75, 3.05) is 19.5 Å². The number of aryl methyl sites for hydroxylation is 1. The standard InChI is InChI=1S/C15H16BrFN2O2/c1-9-6-10(16)11(17)7-12(9)19-8-13-15(21-3)14(20-2)4-5-18-13/h4-7,19H,8H2,1-3H3. The lowest BCUT2D eigenvalue weighted by atomic mass is 10.2. The highest BCUT2D eigenvalue weighted by Gasteiger charge is 2.12. The predicted molar refractivity (Wildman–Crippen MR) is 83.5 cm³/mol. The zero-order valence-corrected chi connectivity index (χ0v) is 13.6. The van der Waals surface area contributed by atoms with E-state index < -0.39 is 0 Å². The van der Waals surface area contributed by atoms with Gasteiger partial charge in [0, 0.05) is 18.0 Å². The molecule has 1 N–H and O–H groups in total. The third-order valence-corrected chi connectivity index (χ3v) is 3.69. The number of aromatic nitrogens is 1. The number of rotatable bonds is 5. The number of benzene rings is 1. The largest absolute Gasteiger partial charge is 0.493 e. The van der Waals surface area contributed by atoms with Crippen molar-refractivity contribution in [3.05, 3.63) is 45.9 Å². The second kappa shape index (κ2) is 6.76. The van der Waals surface area contributed by atoms with Gasteiger partial charge in [-0.3, -0.25) is 4.98 Å². The number of ether oxygens (including phenoxy) is 2. The molecular weight excluding hydrogens is 339 g/mol. The Kier molecular flexibility index (Phi) is 5.01. The van der Waals surface area contributed by atoms with Gasteiger partial charge < -0.3 is 14.8 Å².